The zero-order valence-electron chi connectivity index (χ0n) is 9.85. The van der Waals surface area contributed by atoms with Crippen molar-refractivity contribution < 1.29 is 0 Å². The van der Waals surface area contributed by atoms with Crippen molar-refractivity contribution in [1.29, 1.82) is 0 Å². The number of rotatable bonds is 4. The Morgan fingerprint density at radius 3 is 2.31 bits per heavy atom. The molecule has 1 aromatic rings. The van der Waals surface area contributed by atoms with Crippen molar-refractivity contribution >= 4 is 23.2 Å². The maximum atomic E-state index is 6.13. The van der Waals surface area contributed by atoms with Gasteiger partial charge in [0.15, 0.2) is 0 Å². The minimum atomic E-state index is 0.266. The molecule has 1 aromatic carbocycles. The van der Waals surface area contributed by atoms with E-state index in [1.807, 2.05) is 25.2 Å². The van der Waals surface area contributed by atoms with Gasteiger partial charge in [-0.05, 0) is 45.0 Å². The summed E-state index contributed by atoms with van der Waals surface area (Å²) in [5.41, 5.74) is 2.28. The van der Waals surface area contributed by atoms with E-state index in [9.17, 15) is 0 Å². The second kappa shape index (κ2) is 6.29. The van der Waals surface area contributed by atoms with Gasteiger partial charge in [-0.15, -0.1) is 0 Å². The maximum absolute atomic E-state index is 6.13. The first-order valence-electron chi connectivity index (χ1n) is 5.29. The Bertz CT molecular complexity index is 361. The summed E-state index contributed by atoms with van der Waals surface area (Å²) < 4.78 is 0. The van der Waals surface area contributed by atoms with Crippen LogP contribution >= 0.6 is 23.2 Å². The lowest BCUT2D eigenvalue weighted by Gasteiger charge is -2.14. The van der Waals surface area contributed by atoms with Crippen molar-refractivity contribution in [3.63, 3.8) is 0 Å². The lowest BCUT2D eigenvalue weighted by molar-refractivity contribution is 0.660. The van der Waals surface area contributed by atoms with E-state index in [0.717, 1.165) is 22.0 Å². The number of nitrogens with one attached hydrogen (secondary N) is 1. The molecule has 1 atom stereocenters. The quantitative estimate of drug-likeness (QED) is 0.802. The highest BCUT2D eigenvalue weighted by molar-refractivity contribution is 6.36. The van der Waals surface area contributed by atoms with Gasteiger partial charge in [-0.25, -0.2) is 0 Å². The predicted octanol–water partition coefficient (Wildman–Crippen LogP) is 4.09. The van der Waals surface area contributed by atoms with E-state index in [0.29, 0.717) is 0 Å². The highest BCUT2D eigenvalue weighted by atomic mass is 35.5. The Balaban J connectivity index is 2.90. The van der Waals surface area contributed by atoms with Gasteiger partial charge in [0.05, 0.1) is 0 Å². The molecule has 1 nitrogen and oxygen atoms in total. The molecule has 16 heavy (non-hydrogen) atoms. The van der Waals surface area contributed by atoms with E-state index in [2.05, 4.69) is 25.2 Å². The summed E-state index contributed by atoms with van der Waals surface area (Å²) in [4.78, 5) is 0. The molecule has 0 aliphatic carbocycles. The molecule has 0 saturated carbocycles. The van der Waals surface area contributed by atoms with Gasteiger partial charge in [-0.1, -0.05) is 40.9 Å². The fourth-order valence-corrected chi connectivity index (χ4v) is 2.15. The zero-order valence-corrected chi connectivity index (χ0v) is 11.4. The van der Waals surface area contributed by atoms with Crippen molar-refractivity contribution in [2.75, 3.05) is 7.05 Å². The molecule has 0 amide bonds. The summed E-state index contributed by atoms with van der Waals surface area (Å²) in [6, 6.07) is 5.88. The van der Waals surface area contributed by atoms with Crippen LogP contribution < -0.4 is 5.32 Å². The monoisotopic (exact) mass is 257 g/mol. The summed E-state index contributed by atoms with van der Waals surface area (Å²) in [5, 5.41) is 4.71. The van der Waals surface area contributed by atoms with Crippen molar-refractivity contribution in [3.8, 4) is 0 Å². The van der Waals surface area contributed by atoms with Crippen LogP contribution in [0, 0.1) is 0 Å². The molecule has 0 bridgehead atoms. The molecule has 3 heteroatoms. The van der Waals surface area contributed by atoms with Gasteiger partial charge in [0, 0.05) is 16.1 Å². The molecular formula is C13H17Cl2N. The summed E-state index contributed by atoms with van der Waals surface area (Å²) in [5.74, 6) is 0. The van der Waals surface area contributed by atoms with Gasteiger partial charge in [0.1, 0.15) is 0 Å². The first-order chi connectivity index (χ1) is 7.54. The normalized spacial score (nSPS) is 12.3. The van der Waals surface area contributed by atoms with E-state index >= 15 is 0 Å². The molecule has 0 aromatic heterocycles. The van der Waals surface area contributed by atoms with Gasteiger partial charge in [0.2, 0.25) is 0 Å². The van der Waals surface area contributed by atoms with E-state index in [-0.39, 0.29) is 6.04 Å². The molecule has 0 aliphatic rings. The van der Waals surface area contributed by atoms with Crippen LogP contribution in [-0.4, -0.2) is 13.1 Å². The molecule has 1 unspecified atom stereocenters. The average molecular weight is 258 g/mol. The van der Waals surface area contributed by atoms with Crippen LogP contribution in [0.3, 0.4) is 0 Å². The Morgan fingerprint density at radius 2 is 1.88 bits per heavy atom. The fourth-order valence-electron chi connectivity index (χ4n) is 1.59. The van der Waals surface area contributed by atoms with E-state index in [1.165, 1.54) is 5.57 Å². The Labute approximate surface area is 107 Å². The Hall–Kier alpha value is -0.500. The molecule has 0 radical (unpaired) electrons. The molecule has 0 heterocycles. The van der Waals surface area contributed by atoms with E-state index in [1.54, 1.807) is 0 Å². The van der Waals surface area contributed by atoms with E-state index in [4.69, 9.17) is 23.2 Å². The van der Waals surface area contributed by atoms with Gasteiger partial charge < -0.3 is 5.32 Å². The number of allylic oxidation sites excluding steroid dienone is 1. The Morgan fingerprint density at radius 1 is 1.31 bits per heavy atom. The summed E-state index contributed by atoms with van der Waals surface area (Å²) in [6.45, 7) is 4.16. The van der Waals surface area contributed by atoms with Gasteiger partial charge >= 0.3 is 0 Å². The molecule has 0 fully saturated rings. The van der Waals surface area contributed by atoms with Crippen molar-refractivity contribution in [3.05, 3.63) is 45.5 Å². The third kappa shape index (κ3) is 3.82. The second-order valence-corrected chi connectivity index (χ2v) is 4.86. The fraction of sp³-hybridized carbons (Fsp3) is 0.385. The van der Waals surface area contributed by atoms with Crippen LogP contribution in [0.4, 0.5) is 0 Å². The summed E-state index contributed by atoms with van der Waals surface area (Å²) in [6.07, 6.45) is 2.99. The smallest absolute Gasteiger partial charge is 0.0453 e. The molecular weight excluding hydrogens is 241 g/mol. The van der Waals surface area contributed by atoms with Crippen molar-refractivity contribution in [2.24, 2.45) is 0 Å². The zero-order chi connectivity index (χ0) is 12.1. The molecule has 0 spiro atoms. The highest BCUT2D eigenvalue weighted by Gasteiger charge is 2.10. The van der Waals surface area contributed by atoms with Crippen molar-refractivity contribution in [1.82, 2.24) is 5.32 Å². The molecule has 88 valence electrons. The molecule has 1 rings (SSSR count). The summed E-state index contributed by atoms with van der Waals surface area (Å²) >= 11 is 12.3. The van der Waals surface area contributed by atoms with Crippen LogP contribution in [0.5, 0.6) is 0 Å². The third-order valence-electron chi connectivity index (χ3n) is 2.39. The maximum Gasteiger partial charge on any atom is 0.0453 e. The number of hydrogen-bond donors (Lipinski definition) is 1. The minimum Gasteiger partial charge on any atom is -0.313 e. The van der Waals surface area contributed by atoms with Crippen LogP contribution in [0.25, 0.3) is 0 Å². The second-order valence-electron chi connectivity index (χ2n) is 4.04. The van der Waals surface area contributed by atoms with Gasteiger partial charge in [0.25, 0.3) is 0 Å². The molecule has 0 aliphatic heterocycles. The molecule has 0 saturated heterocycles. The number of hydrogen-bond acceptors (Lipinski definition) is 1. The van der Waals surface area contributed by atoms with Crippen LogP contribution in [0.2, 0.25) is 10.0 Å². The lowest BCUT2D eigenvalue weighted by atomic mass is 10.0. The highest BCUT2D eigenvalue weighted by Crippen LogP contribution is 2.25. The van der Waals surface area contributed by atoms with Crippen LogP contribution in [0.1, 0.15) is 19.4 Å². The van der Waals surface area contributed by atoms with Gasteiger partial charge in [-0.2, -0.15) is 0 Å². The number of halogens is 2. The van der Waals surface area contributed by atoms with Crippen molar-refractivity contribution in [2.45, 2.75) is 26.3 Å². The predicted molar refractivity (Wildman–Crippen MR) is 72.4 cm³/mol. The number of benzene rings is 1. The van der Waals surface area contributed by atoms with Crippen LogP contribution in [-0.2, 0) is 6.42 Å². The summed E-state index contributed by atoms with van der Waals surface area (Å²) in [7, 11) is 1.94. The van der Waals surface area contributed by atoms with E-state index < -0.39 is 0 Å². The topological polar surface area (TPSA) is 12.0 Å². The third-order valence-corrected chi connectivity index (χ3v) is 3.10. The lowest BCUT2D eigenvalue weighted by Crippen LogP contribution is -2.25. The SMILES string of the molecule is CNC(C=C(C)C)Cc1c(Cl)cccc1Cl. The largest absolute Gasteiger partial charge is 0.313 e. The Kier molecular flexibility index (Phi) is 5.33. The van der Waals surface area contributed by atoms with Gasteiger partial charge in [-0.3, -0.25) is 0 Å². The standard InChI is InChI=1S/C13H17Cl2N/c1-9(2)7-10(16-3)8-11-12(14)5-4-6-13(11)15/h4-7,10,16H,8H2,1-3H3. The average Bonchev–Trinajstić information content (AvgIpc) is 2.21. The van der Waals surface area contributed by atoms with Crippen LogP contribution in [0.15, 0.2) is 29.8 Å². The first kappa shape index (κ1) is 13.6. The number of likely N-dealkylation sites (N-methyl/N-ethyl adjacent to an activating group) is 1. The first-order valence-corrected chi connectivity index (χ1v) is 6.05. The molecule has 1 N–H and O–H groups in total. The minimum absolute atomic E-state index is 0.266.